The second-order valence-corrected chi connectivity index (χ2v) is 12.1. The van der Waals surface area contributed by atoms with Gasteiger partial charge < -0.3 is 9.31 Å². The van der Waals surface area contributed by atoms with Crippen LogP contribution in [0.4, 0.5) is 0 Å². The van der Waals surface area contributed by atoms with Crippen LogP contribution in [0.3, 0.4) is 0 Å². The number of rotatable bonds is 2. The zero-order valence-corrected chi connectivity index (χ0v) is 20.4. The van der Waals surface area contributed by atoms with Crippen molar-refractivity contribution in [1.29, 1.82) is 0 Å². The van der Waals surface area contributed by atoms with E-state index in [1.54, 1.807) is 0 Å². The third-order valence-electron chi connectivity index (χ3n) is 9.56. The van der Waals surface area contributed by atoms with Crippen LogP contribution in [0, 0.1) is 23.7 Å². The highest BCUT2D eigenvalue weighted by Crippen LogP contribution is 2.56. The summed E-state index contributed by atoms with van der Waals surface area (Å²) in [6.45, 7) is 11.1. The van der Waals surface area contributed by atoms with Gasteiger partial charge in [0.15, 0.2) is 0 Å². The topological polar surface area (TPSA) is 18.5 Å². The largest absolute Gasteiger partial charge is 0.495 e. The van der Waals surface area contributed by atoms with Crippen molar-refractivity contribution in [3.05, 3.63) is 53.6 Å². The number of hydrogen-bond donors (Lipinski definition) is 0. The minimum absolute atomic E-state index is 0.313. The monoisotopic (exact) mass is 428 g/mol. The molecule has 3 fully saturated rings. The first-order valence-corrected chi connectivity index (χ1v) is 12.8. The minimum atomic E-state index is -0.325. The van der Waals surface area contributed by atoms with Crippen molar-refractivity contribution in [2.75, 3.05) is 0 Å². The smallest absolute Gasteiger partial charge is 0.399 e. The van der Waals surface area contributed by atoms with Crippen LogP contribution in [-0.4, -0.2) is 18.3 Å². The van der Waals surface area contributed by atoms with Crippen molar-refractivity contribution < 1.29 is 9.31 Å². The van der Waals surface area contributed by atoms with Gasteiger partial charge in [-0.1, -0.05) is 55.8 Å². The fraction of sp³-hybridized carbons (Fsp3) is 0.586. The summed E-state index contributed by atoms with van der Waals surface area (Å²) in [6.07, 6.45) is 7.09. The van der Waals surface area contributed by atoms with Crippen molar-refractivity contribution in [2.24, 2.45) is 23.7 Å². The lowest BCUT2D eigenvalue weighted by molar-refractivity contribution is 0.00578. The van der Waals surface area contributed by atoms with Gasteiger partial charge in [0, 0.05) is 5.92 Å². The van der Waals surface area contributed by atoms with E-state index in [4.69, 9.17) is 9.31 Å². The number of hydrogen-bond acceptors (Lipinski definition) is 2. The molecule has 5 atom stereocenters. The zero-order valence-electron chi connectivity index (χ0n) is 20.4. The third kappa shape index (κ3) is 3.07. The van der Waals surface area contributed by atoms with Crippen LogP contribution in [0.2, 0.25) is 0 Å². The summed E-state index contributed by atoms with van der Waals surface area (Å²) < 4.78 is 13.1. The van der Waals surface area contributed by atoms with Gasteiger partial charge in [-0.25, -0.2) is 0 Å². The molecule has 2 aromatic rings. The highest BCUT2D eigenvalue weighted by Gasteiger charge is 2.53. The van der Waals surface area contributed by atoms with E-state index < -0.39 is 0 Å². The molecule has 6 rings (SSSR count). The molecule has 3 heteroatoms. The van der Waals surface area contributed by atoms with Crippen molar-refractivity contribution >= 4 is 12.6 Å². The van der Waals surface area contributed by atoms with E-state index in [-0.39, 0.29) is 18.3 Å². The van der Waals surface area contributed by atoms with Gasteiger partial charge in [0.25, 0.3) is 0 Å². The Kier molecular flexibility index (Phi) is 4.73. The summed E-state index contributed by atoms with van der Waals surface area (Å²) in [5, 5.41) is 0. The first-order valence-electron chi connectivity index (χ1n) is 12.8. The maximum atomic E-state index is 6.53. The Bertz CT molecular complexity index is 1020. The van der Waals surface area contributed by atoms with E-state index in [0.717, 1.165) is 23.7 Å². The van der Waals surface area contributed by atoms with E-state index in [1.807, 2.05) is 0 Å². The molecule has 5 unspecified atom stereocenters. The third-order valence-corrected chi connectivity index (χ3v) is 9.56. The number of benzene rings is 2. The molecule has 4 aliphatic rings. The summed E-state index contributed by atoms with van der Waals surface area (Å²) in [4.78, 5) is 0. The second kappa shape index (κ2) is 7.21. The standard InChI is InChI=1S/C29H37BO2/c1-18-15-19-13-14-21(20(16-18)17-19)26-22-9-6-7-10-23(22)27-24(26)11-8-12-25(27)30-31-28(2,3)29(4,5)32-30/h6-12,18-21,26H,13-17H2,1-5H3. The summed E-state index contributed by atoms with van der Waals surface area (Å²) in [7, 11) is -0.313. The van der Waals surface area contributed by atoms with Gasteiger partial charge in [0.1, 0.15) is 0 Å². The highest BCUT2D eigenvalue weighted by molar-refractivity contribution is 6.64. The molecular formula is C29H37BO2. The molecule has 3 aliphatic carbocycles. The average molecular weight is 428 g/mol. The quantitative estimate of drug-likeness (QED) is 0.505. The van der Waals surface area contributed by atoms with Gasteiger partial charge in [-0.3, -0.25) is 0 Å². The summed E-state index contributed by atoms with van der Waals surface area (Å²) in [5.41, 5.74) is 6.40. The summed E-state index contributed by atoms with van der Waals surface area (Å²) >= 11 is 0. The normalized spacial score (nSPS) is 34.3. The van der Waals surface area contributed by atoms with Crippen molar-refractivity contribution in [2.45, 2.75) is 83.8 Å². The van der Waals surface area contributed by atoms with Crippen LogP contribution in [0.15, 0.2) is 42.5 Å². The Hall–Kier alpha value is -1.58. The van der Waals surface area contributed by atoms with E-state index in [1.165, 1.54) is 59.8 Å². The predicted molar refractivity (Wildman–Crippen MR) is 132 cm³/mol. The molecule has 1 saturated heterocycles. The number of fused-ring (bicyclic) bond motifs is 5. The second-order valence-electron chi connectivity index (χ2n) is 12.1. The fourth-order valence-corrected chi connectivity index (χ4v) is 7.44. The first kappa shape index (κ1) is 21.0. The van der Waals surface area contributed by atoms with Gasteiger partial charge in [0.05, 0.1) is 11.2 Å². The molecule has 0 radical (unpaired) electrons. The lowest BCUT2D eigenvalue weighted by atomic mass is 9.59. The molecule has 2 nitrogen and oxygen atoms in total. The Morgan fingerprint density at radius 1 is 0.812 bits per heavy atom. The Morgan fingerprint density at radius 2 is 1.53 bits per heavy atom. The van der Waals surface area contributed by atoms with Gasteiger partial charge in [-0.15, -0.1) is 0 Å². The van der Waals surface area contributed by atoms with Gasteiger partial charge >= 0.3 is 7.12 Å². The molecule has 168 valence electrons. The average Bonchev–Trinajstić information content (AvgIpc) is 3.18. The lowest BCUT2D eigenvalue weighted by Crippen LogP contribution is -2.41. The Labute approximate surface area is 194 Å². The molecule has 0 amide bonds. The maximum Gasteiger partial charge on any atom is 0.495 e. The van der Waals surface area contributed by atoms with Crippen LogP contribution in [0.5, 0.6) is 0 Å². The molecule has 1 aliphatic heterocycles. The van der Waals surface area contributed by atoms with E-state index >= 15 is 0 Å². The first-order chi connectivity index (χ1) is 15.2. The molecule has 0 aromatic heterocycles. The molecule has 2 bridgehead atoms. The molecule has 32 heavy (non-hydrogen) atoms. The van der Waals surface area contributed by atoms with Crippen molar-refractivity contribution in [1.82, 2.24) is 0 Å². The van der Waals surface area contributed by atoms with Crippen LogP contribution in [0.1, 0.15) is 83.8 Å². The Balaban J connectivity index is 1.45. The molecule has 2 aromatic carbocycles. The molecule has 0 spiro atoms. The molecule has 1 heterocycles. The van der Waals surface area contributed by atoms with Crippen LogP contribution in [-0.2, 0) is 9.31 Å². The zero-order chi connectivity index (χ0) is 22.3. The van der Waals surface area contributed by atoms with Crippen LogP contribution >= 0.6 is 0 Å². The van der Waals surface area contributed by atoms with Crippen molar-refractivity contribution in [3.8, 4) is 11.1 Å². The van der Waals surface area contributed by atoms with Crippen molar-refractivity contribution in [3.63, 3.8) is 0 Å². The van der Waals surface area contributed by atoms with Gasteiger partial charge in [-0.05, 0) is 105 Å². The molecular weight excluding hydrogens is 391 g/mol. The molecule has 2 saturated carbocycles. The van der Waals surface area contributed by atoms with E-state index in [2.05, 4.69) is 77.1 Å². The van der Waals surface area contributed by atoms with Gasteiger partial charge in [-0.2, -0.15) is 0 Å². The van der Waals surface area contributed by atoms with Crippen LogP contribution in [0.25, 0.3) is 11.1 Å². The minimum Gasteiger partial charge on any atom is -0.399 e. The fourth-order valence-electron chi connectivity index (χ4n) is 7.44. The Morgan fingerprint density at radius 3 is 2.31 bits per heavy atom. The highest BCUT2D eigenvalue weighted by atomic mass is 16.7. The molecule has 0 N–H and O–H groups in total. The van der Waals surface area contributed by atoms with Crippen LogP contribution < -0.4 is 5.46 Å². The summed E-state index contributed by atoms with van der Waals surface area (Å²) in [6, 6.07) is 16.0. The predicted octanol–water partition coefficient (Wildman–Crippen LogP) is 6.56. The summed E-state index contributed by atoms with van der Waals surface area (Å²) in [5.74, 6) is 3.98. The van der Waals surface area contributed by atoms with E-state index in [9.17, 15) is 0 Å². The lowest BCUT2D eigenvalue weighted by Gasteiger charge is -2.45. The maximum absolute atomic E-state index is 6.53. The van der Waals surface area contributed by atoms with Gasteiger partial charge in [0.2, 0.25) is 0 Å². The van der Waals surface area contributed by atoms with E-state index in [0.29, 0.717) is 5.92 Å². The SMILES string of the molecule is CC1CC2CCC(C3c4ccccc4-c4c(B5OC(C)(C)C(C)(C)O5)cccc43)C(C1)C2.